The van der Waals surface area contributed by atoms with Gasteiger partial charge >= 0.3 is 0 Å². The van der Waals surface area contributed by atoms with Crippen LogP contribution in [-0.2, 0) is 11.2 Å². The topological polar surface area (TPSA) is 20.3 Å². The molecular weight excluding hydrogens is 234 g/mol. The zero-order valence-corrected chi connectivity index (χ0v) is 11.6. The van der Waals surface area contributed by atoms with E-state index in [0.29, 0.717) is 6.04 Å². The molecule has 0 N–H and O–H groups in total. The molecule has 2 heterocycles. The third-order valence-electron chi connectivity index (χ3n) is 4.72. The van der Waals surface area contributed by atoms with E-state index < -0.39 is 0 Å². The number of aldehydes is 1. The number of nitrogens with zero attached hydrogens (tertiary/aromatic N) is 1. The van der Waals surface area contributed by atoms with Crippen molar-refractivity contribution in [3.8, 4) is 0 Å². The maximum Gasteiger partial charge on any atom is 0.125 e. The average molecular weight is 257 g/mol. The average Bonchev–Trinajstić information content (AvgIpc) is 2.58. The molecule has 1 aromatic carbocycles. The third kappa shape index (κ3) is 2.54. The van der Waals surface area contributed by atoms with Crippen LogP contribution in [-0.4, -0.2) is 18.9 Å². The summed E-state index contributed by atoms with van der Waals surface area (Å²) >= 11 is 0. The van der Waals surface area contributed by atoms with Crippen molar-refractivity contribution in [1.82, 2.24) is 0 Å². The van der Waals surface area contributed by atoms with Crippen molar-refractivity contribution in [1.29, 1.82) is 0 Å². The van der Waals surface area contributed by atoms with Gasteiger partial charge < -0.3 is 9.69 Å². The summed E-state index contributed by atoms with van der Waals surface area (Å²) in [6, 6.07) is 9.09. The number of fused-ring (bicyclic) bond motifs is 3. The van der Waals surface area contributed by atoms with Gasteiger partial charge in [-0.2, -0.15) is 0 Å². The number of hydrogen-bond acceptors (Lipinski definition) is 2. The molecule has 2 aliphatic heterocycles. The Balaban J connectivity index is 1.95. The molecule has 0 amide bonds. The molecule has 0 aromatic heterocycles. The van der Waals surface area contributed by atoms with E-state index in [4.69, 9.17) is 0 Å². The van der Waals surface area contributed by atoms with Crippen LogP contribution < -0.4 is 4.90 Å². The first kappa shape index (κ1) is 12.7. The molecule has 102 valence electrons. The van der Waals surface area contributed by atoms with Gasteiger partial charge in [-0.25, -0.2) is 0 Å². The summed E-state index contributed by atoms with van der Waals surface area (Å²) in [4.78, 5) is 14.0. The van der Waals surface area contributed by atoms with Crippen molar-refractivity contribution in [3.05, 3.63) is 29.8 Å². The summed E-state index contributed by atoms with van der Waals surface area (Å²) in [6.45, 7) is 1.12. The first-order chi connectivity index (χ1) is 9.40. The highest BCUT2D eigenvalue weighted by Gasteiger charge is 2.33. The van der Waals surface area contributed by atoms with Crippen LogP contribution >= 0.6 is 0 Å². The molecule has 3 rings (SSSR count). The van der Waals surface area contributed by atoms with Crippen molar-refractivity contribution in [2.24, 2.45) is 5.92 Å². The van der Waals surface area contributed by atoms with Gasteiger partial charge in [0.15, 0.2) is 0 Å². The minimum absolute atomic E-state index is 0.188. The Bertz CT molecular complexity index is 443. The number of carbonyl (C=O) groups excluding carboxylic acids is 1. The van der Waals surface area contributed by atoms with Crippen molar-refractivity contribution >= 4 is 12.0 Å². The Morgan fingerprint density at radius 1 is 1.05 bits per heavy atom. The van der Waals surface area contributed by atoms with Gasteiger partial charge in [0, 0.05) is 24.2 Å². The van der Waals surface area contributed by atoms with Crippen LogP contribution in [0, 0.1) is 5.92 Å². The molecule has 19 heavy (non-hydrogen) atoms. The molecule has 0 unspecified atom stereocenters. The van der Waals surface area contributed by atoms with Crippen LogP contribution in [0.2, 0.25) is 0 Å². The Hall–Kier alpha value is -1.31. The van der Waals surface area contributed by atoms with Crippen molar-refractivity contribution in [3.63, 3.8) is 0 Å². The smallest absolute Gasteiger partial charge is 0.125 e. The normalized spacial score (nSPS) is 27.5. The Morgan fingerprint density at radius 3 is 2.74 bits per heavy atom. The number of para-hydroxylation sites is 1. The van der Waals surface area contributed by atoms with E-state index in [-0.39, 0.29) is 5.92 Å². The number of carbonyl (C=O) groups is 1. The summed E-state index contributed by atoms with van der Waals surface area (Å²) in [5.74, 6) is 0.188. The number of rotatable bonds is 1. The first-order valence-corrected chi connectivity index (χ1v) is 7.70. The van der Waals surface area contributed by atoms with Crippen LogP contribution in [0.1, 0.15) is 44.1 Å². The van der Waals surface area contributed by atoms with E-state index in [1.807, 2.05) is 0 Å². The van der Waals surface area contributed by atoms with Gasteiger partial charge in [0.05, 0.1) is 0 Å². The second-order valence-electron chi connectivity index (χ2n) is 5.95. The van der Waals surface area contributed by atoms with Crippen molar-refractivity contribution in [2.45, 2.75) is 51.0 Å². The summed E-state index contributed by atoms with van der Waals surface area (Å²) in [5, 5.41) is 0. The lowest BCUT2D eigenvalue weighted by molar-refractivity contribution is -0.111. The second kappa shape index (κ2) is 5.77. The fraction of sp³-hybridized carbons (Fsp3) is 0.588. The van der Waals surface area contributed by atoms with E-state index in [1.54, 1.807) is 0 Å². The fourth-order valence-electron chi connectivity index (χ4n) is 3.72. The SMILES string of the molecule is O=C[C@@H]1Cc2ccccc2N2CCCCCCC[C@@H]12. The lowest BCUT2D eigenvalue weighted by Gasteiger charge is -2.42. The molecule has 1 aromatic rings. The van der Waals surface area contributed by atoms with Crippen LogP contribution in [0.4, 0.5) is 5.69 Å². The third-order valence-corrected chi connectivity index (χ3v) is 4.72. The summed E-state index contributed by atoms with van der Waals surface area (Å²) in [6.07, 6.45) is 9.86. The summed E-state index contributed by atoms with van der Waals surface area (Å²) in [5.41, 5.74) is 2.74. The van der Waals surface area contributed by atoms with Gasteiger partial charge in [-0.3, -0.25) is 0 Å². The molecule has 2 atom stereocenters. The predicted octanol–water partition coefficient (Wildman–Crippen LogP) is 3.59. The monoisotopic (exact) mass is 257 g/mol. The fourth-order valence-corrected chi connectivity index (χ4v) is 3.72. The van der Waals surface area contributed by atoms with Crippen LogP contribution in [0.15, 0.2) is 24.3 Å². The zero-order valence-electron chi connectivity index (χ0n) is 11.6. The van der Waals surface area contributed by atoms with Gasteiger partial charge in [0.25, 0.3) is 0 Å². The van der Waals surface area contributed by atoms with Gasteiger partial charge in [-0.1, -0.05) is 43.9 Å². The van der Waals surface area contributed by atoms with E-state index in [9.17, 15) is 4.79 Å². The Morgan fingerprint density at radius 2 is 1.84 bits per heavy atom. The summed E-state index contributed by atoms with van der Waals surface area (Å²) < 4.78 is 0. The van der Waals surface area contributed by atoms with Gasteiger partial charge in [0.1, 0.15) is 6.29 Å². The molecule has 0 radical (unpaired) electrons. The van der Waals surface area contributed by atoms with Crippen LogP contribution in [0.5, 0.6) is 0 Å². The largest absolute Gasteiger partial charge is 0.368 e. The Labute approximate surface area is 115 Å². The highest BCUT2D eigenvalue weighted by atomic mass is 16.1. The highest BCUT2D eigenvalue weighted by Crippen LogP contribution is 2.36. The molecule has 0 saturated carbocycles. The molecule has 1 saturated heterocycles. The molecule has 2 aliphatic rings. The molecule has 2 heteroatoms. The minimum atomic E-state index is 0.188. The maximum atomic E-state index is 11.5. The minimum Gasteiger partial charge on any atom is -0.368 e. The summed E-state index contributed by atoms with van der Waals surface area (Å²) in [7, 11) is 0. The lowest BCUT2D eigenvalue weighted by Crippen LogP contribution is -2.46. The zero-order chi connectivity index (χ0) is 13.1. The molecule has 1 fully saturated rings. The molecular formula is C17H23NO. The standard InChI is InChI=1S/C17H23NO/c19-13-15-12-14-8-5-6-10-16(14)18-11-7-3-1-2-4-9-17(15)18/h5-6,8,10,13,15,17H,1-4,7,9,11-12H2/t15-,17-/m0/s1. The number of benzene rings is 1. The molecule has 0 aliphatic carbocycles. The molecule has 0 bridgehead atoms. The van der Waals surface area contributed by atoms with E-state index in [1.165, 1.54) is 56.1 Å². The lowest BCUT2D eigenvalue weighted by atomic mass is 9.84. The van der Waals surface area contributed by atoms with Crippen molar-refractivity contribution < 1.29 is 4.79 Å². The predicted molar refractivity (Wildman–Crippen MR) is 78.5 cm³/mol. The highest BCUT2D eigenvalue weighted by molar-refractivity contribution is 5.65. The molecule has 0 spiro atoms. The van der Waals surface area contributed by atoms with E-state index in [2.05, 4.69) is 29.2 Å². The van der Waals surface area contributed by atoms with E-state index in [0.717, 1.165) is 13.0 Å². The maximum absolute atomic E-state index is 11.5. The first-order valence-electron chi connectivity index (χ1n) is 7.70. The van der Waals surface area contributed by atoms with Crippen LogP contribution in [0.25, 0.3) is 0 Å². The van der Waals surface area contributed by atoms with Crippen LogP contribution in [0.3, 0.4) is 0 Å². The van der Waals surface area contributed by atoms with Gasteiger partial charge in [0.2, 0.25) is 0 Å². The second-order valence-corrected chi connectivity index (χ2v) is 5.95. The number of anilines is 1. The van der Waals surface area contributed by atoms with Crippen molar-refractivity contribution in [2.75, 3.05) is 11.4 Å². The quantitative estimate of drug-likeness (QED) is 0.717. The van der Waals surface area contributed by atoms with Gasteiger partial charge in [-0.05, 0) is 30.9 Å². The van der Waals surface area contributed by atoms with Gasteiger partial charge in [-0.15, -0.1) is 0 Å². The Kier molecular flexibility index (Phi) is 3.86. The number of hydrogen-bond donors (Lipinski definition) is 0. The van der Waals surface area contributed by atoms with E-state index >= 15 is 0 Å². The molecule has 2 nitrogen and oxygen atoms in total.